The van der Waals surface area contributed by atoms with Gasteiger partial charge in [-0.15, -0.1) is 0 Å². The molecule has 1 fully saturated rings. The number of Topliss-reactive ketones (excluding diaryl/α,β-unsaturated/α-hetero) is 1. The third-order valence-corrected chi connectivity index (χ3v) is 4.93. The van der Waals surface area contributed by atoms with E-state index >= 15 is 0 Å². The van der Waals surface area contributed by atoms with E-state index in [1.807, 2.05) is 6.92 Å². The first-order chi connectivity index (χ1) is 12.5. The van der Waals surface area contributed by atoms with Crippen molar-refractivity contribution in [3.05, 3.63) is 23.3 Å². The molecule has 1 aromatic carbocycles. The Labute approximate surface area is 155 Å². The van der Waals surface area contributed by atoms with E-state index in [-0.39, 0.29) is 11.7 Å². The number of likely N-dealkylation sites (tertiary alicyclic amines) is 1. The Hall–Kier alpha value is -2.08. The van der Waals surface area contributed by atoms with Gasteiger partial charge in [-0.25, -0.2) is 0 Å². The van der Waals surface area contributed by atoms with Crippen molar-refractivity contribution >= 4 is 11.7 Å². The quantitative estimate of drug-likeness (QED) is 0.684. The normalized spacial score (nSPS) is 17.2. The van der Waals surface area contributed by atoms with Crippen LogP contribution in [0.5, 0.6) is 11.5 Å². The van der Waals surface area contributed by atoms with Crippen LogP contribution >= 0.6 is 0 Å². The number of likely N-dealkylation sites (N-methyl/N-ethyl adjacent to an activating group) is 1. The van der Waals surface area contributed by atoms with Gasteiger partial charge in [-0.05, 0) is 44.5 Å². The van der Waals surface area contributed by atoms with Crippen molar-refractivity contribution in [1.82, 2.24) is 10.2 Å². The number of nitrogens with zero attached hydrogens (tertiary/aromatic N) is 1. The van der Waals surface area contributed by atoms with Crippen LogP contribution in [0, 0.1) is 0 Å². The lowest BCUT2D eigenvalue weighted by Crippen LogP contribution is -2.40. The monoisotopic (exact) mass is 362 g/mol. The van der Waals surface area contributed by atoms with Crippen LogP contribution in [0.25, 0.3) is 0 Å². The Kier molecular flexibility index (Phi) is 7.45. The third-order valence-electron chi connectivity index (χ3n) is 4.93. The molecule has 1 saturated heterocycles. The highest BCUT2D eigenvalue weighted by Crippen LogP contribution is 2.33. The van der Waals surface area contributed by atoms with Gasteiger partial charge in [0.25, 0.3) is 5.91 Å². The highest BCUT2D eigenvalue weighted by atomic mass is 16.5. The second kappa shape index (κ2) is 9.57. The number of rotatable bonds is 9. The Morgan fingerprint density at radius 1 is 1.23 bits per heavy atom. The minimum Gasteiger partial charge on any atom is -0.493 e. The van der Waals surface area contributed by atoms with Crippen molar-refractivity contribution in [3.8, 4) is 11.5 Å². The molecule has 1 heterocycles. The average Bonchev–Trinajstić information content (AvgIpc) is 3.12. The predicted octanol–water partition coefficient (Wildman–Crippen LogP) is 2.90. The topological polar surface area (TPSA) is 67.9 Å². The number of carbonyl (C=O) groups is 2. The van der Waals surface area contributed by atoms with Gasteiger partial charge in [-0.1, -0.05) is 13.8 Å². The van der Waals surface area contributed by atoms with Gasteiger partial charge in [0.2, 0.25) is 0 Å². The molecule has 26 heavy (non-hydrogen) atoms. The molecule has 1 N–H and O–H groups in total. The Balaban J connectivity index is 2.23. The van der Waals surface area contributed by atoms with E-state index in [0.29, 0.717) is 41.6 Å². The molecule has 0 radical (unpaired) electrons. The Morgan fingerprint density at radius 3 is 2.62 bits per heavy atom. The van der Waals surface area contributed by atoms with Gasteiger partial charge >= 0.3 is 0 Å². The minimum atomic E-state index is -0.241. The standard InChI is InChI=1S/C20H30N2O4/c1-5-8-17(23)14-11-16(19(26-4)18(12-14)25-3)20(24)21-13-15-9-7-10-22(15)6-2/h11-12,15H,5-10,13H2,1-4H3,(H,21,24)/t15-/m0/s1. The molecular formula is C20H30N2O4. The zero-order valence-corrected chi connectivity index (χ0v) is 16.3. The van der Waals surface area contributed by atoms with Crippen molar-refractivity contribution < 1.29 is 19.1 Å². The summed E-state index contributed by atoms with van der Waals surface area (Å²) in [6.45, 7) is 6.74. The number of hydrogen-bond donors (Lipinski definition) is 1. The van der Waals surface area contributed by atoms with Crippen LogP contribution in [-0.4, -0.2) is 56.5 Å². The van der Waals surface area contributed by atoms with E-state index in [4.69, 9.17) is 9.47 Å². The summed E-state index contributed by atoms with van der Waals surface area (Å²) in [5.41, 5.74) is 0.818. The first-order valence-corrected chi connectivity index (χ1v) is 9.37. The van der Waals surface area contributed by atoms with E-state index in [1.54, 1.807) is 12.1 Å². The summed E-state index contributed by atoms with van der Waals surface area (Å²) in [4.78, 5) is 27.5. The molecular weight excluding hydrogens is 332 g/mol. The summed E-state index contributed by atoms with van der Waals surface area (Å²) in [6.07, 6.45) is 3.43. The van der Waals surface area contributed by atoms with Crippen LogP contribution in [0.3, 0.4) is 0 Å². The van der Waals surface area contributed by atoms with E-state index in [2.05, 4.69) is 17.1 Å². The predicted molar refractivity (Wildman–Crippen MR) is 101 cm³/mol. The van der Waals surface area contributed by atoms with Gasteiger partial charge in [0, 0.05) is 24.6 Å². The zero-order valence-electron chi connectivity index (χ0n) is 16.3. The number of ketones is 1. The fraction of sp³-hybridized carbons (Fsp3) is 0.600. The summed E-state index contributed by atoms with van der Waals surface area (Å²) in [5, 5.41) is 3.00. The maximum atomic E-state index is 12.8. The molecule has 0 unspecified atom stereocenters. The van der Waals surface area contributed by atoms with Gasteiger partial charge in [0.1, 0.15) is 0 Å². The molecule has 1 aliphatic heterocycles. The molecule has 0 aliphatic carbocycles. The summed E-state index contributed by atoms with van der Waals surface area (Å²) in [6, 6.07) is 3.62. The smallest absolute Gasteiger partial charge is 0.255 e. The summed E-state index contributed by atoms with van der Waals surface area (Å²) in [5.74, 6) is 0.511. The summed E-state index contributed by atoms with van der Waals surface area (Å²) in [7, 11) is 3.00. The van der Waals surface area contributed by atoms with E-state index in [1.165, 1.54) is 14.2 Å². The average molecular weight is 362 g/mol. The van der Waals surface area contributed by atoms with E-state index in [0.717, 1.165) is 32.4 Å². The van der Waals surface area contributed by atoms with E-state index in [9.17, 15) is 9.59 Å². The van der Waals surface area contributed by atoms with Crippen LogP contribution in [0.4, 0.5) is 0 Å². The van der Waals surface area contributed by atoms with Crippen molar-refractivity contribution in [1.29, 1.82) is 0 Å². The zero-order chi connectivity index (χ0) is 19.1. The van der Waals surface area contributed by atoms with Gasteiger partial charge in [0.05, 0.1) is 19.8 Å². The van der Waals surface area contributed by atoms with Crippen molar-refractivity contribution in [2.24, 2.45) is 0 Å². The molecule has 1 atom stereocenters. The van der Waals surface area contributed by atoms with Crippen molar-refractivity contribution in [2.75, 3.05) is 33.9 Å². The van der Waals surface area contributed by atoms with Crippen LogP contribution in [-0.2, 0) is 0 Å². The molecule has 1 amide bonds. The number of amides is 1. The fourth-order valence-corrected chi connectivity index (χ4v) is 3.51. The Bertz CT molecular complexity index is 645. The number of nitrogens with one attached hydrogen (secondary N) is 1. The second-order valence-corrected chi connectivity index (χ2v) is 6.57. The molecule has 0 bridgehead atoms. The van der Waals surface area contributed by atoms with Gasteiger partial charge < -0.3 is 14.8 Å². The van der Waals surface area contributed by atoms with Gasteiger partial charge in [0.15, 0.2) is 17.3 Å². The maximum absolute atomic E-state index is 12.8. The molecule has 6 heteroatoms. The molecule has 1 aliphatic rings. The fourth-order valence-electron chi connectivity index (χ4n) is 3.51. The molecule has 0 spiro atoms. The highest BCUT2D eigenvalue weighted by molar-refractivity contribution is 6.03. The van der Waals surface area contributed by atoms with Crippen molar-refractivity contribution in [2.45, 2.75) is 45.6 Å². The number of hydrogen-bond acceptors (Lipinski definition) is 5. The first kappa shape index (κ1) is 20.2. The lowest BCUT2D eigenvalue weighted by Gasteiger charge is -2.23. The number of ether oxygens (including phenoxy) is 2. The molecule has 144 valence electrons. The maximum Gasteiger partial charge on any atom is 0.255 e. The van der Waals surface area contributed by atoms with Crippen LogP contribution in [0.2, 0.25) is 0 Å². The van der Waals surface area contributed by atoms with Gasteiger partial charge in [-0.3, -0.25) is 14.5 Å². The molecule has 0 saturated carbocycles. The van der Waals surface area contributed by atoms with Crippen LogP contribution < -0.4 is 14.8 Å². The van der Waals surface area contributed by atoms with Crippen LogP contribution in [0.15, 0.2) is 12.1 Å². The molecule has 6 nitrogen and oxygen atoms in total. The Morgan fingerprint density at radius 2 is 2.00 bits per heavy atom. The van der Waals surface area contributed by atoms with Crippen molar-refractivity contribution in [3.63, 3.8) is 0 Å². The van der Waals surface area contributed by atoms with Crippen LogP contribution in [0.1, 0.15) is 60.2 Å². The molecule has 0 aromatic heterocycles. The number of carbonyl (C=O) groups excluding carboxylic acids is 2. The van der Waals surface area contributed by atoms with E-state index < -0.39 is 0 Å². The molecule has 2 rings (SSSR count). The highest BCUT2D eigenvalue weighted by Gasteiger charge is 2.25. The lowest BCUT2D eigenvalue weighted by molar-refractivity contribution is 0.0937. The molecule has 1 aromatic rings. The number of methoxy groups -OCH3 is 2. The third kappa shape index (κ3) is 4.55. The first-order valence-electron chi connectivity index (χ1n) is 9.37. The number of benzene rings is 1. The summed E-state index contributed by atoms with van der Waals surface area (Å²) < 4.78 is 10.7. The van der Waals surface area contributed by atoms with Gasteiger partial charge in [-0.2, -0.15) is 0 Å². The SMILES string of the molecule is CCCC(=O)c1cc(OC)c(OC)c(C(=O)NC[C@@H]2CCCN2CC)c1. The lowest BCUT2D eigenvalue weighted by atomic mass is 10.0. The minimum absolute atomic E-state index is 0.00421. The summed E-state index contributed by atoms with van der Waals surface area (Å²) >= 11 is 0. The second-order valence-electron chi connectivity index (χ2n) is 6.57. The largest absolute Gasteiger partial charge is 0.493 e.